The van der Waals surface area contributed by atoms with Crippen molar-refractivity contribution in [3.05, 3.63) is 23.8 Å². The molecule has 1 aromatic rings. The molecule has 0 aromatic heterocycles. The Kier molecular flexibility index (Phi) is 3.61. The van der Waals surface area contributed by atoms with Gasteiger partial charge in [-0.1, -0.05) is 0 Å². The van der Waals surface area contributed by atoms with Gasteiger partial charge in [-0.2, -0.15) is 0 Å². The minimum absolute atomic E-state index is 0.242. The maximum atomic E-state index is 10.4. The molecule has 0 bridgehead atoms. The van der Waals surface area contributed by atoms with Crippen molar-refractivity contribution in [1.29, 1.82) is 0 Å². The Labute approximate surface area is 119 Å². The summed E-state index contributed by atoms with van der Waals surface area (Å²) in [7, 11) is 3.40. The van der Waals surface area contributed by atoms with Crippen LogP contribution in [0.3, 0.4) is 0 Å². The third kappa shape index (κ3) is 2.38. The molecule has 1 spiro atoms. The monoisotopic (exact) mass is 278 g/mol. The van der Waals surface area contributed by atoms with Crippen molar-refractivity contribution >= 4 is 0 Å². The number of hydrogen-bond acceptors (Lipinski definition) is 4. The second kappa shape index (κ2) is 5.26. The van der Waals surface area contributed by atoms with Crippen molar-refractivity contribution in [3.63, 3.8) is 0 Å². The van der Waals surface area contributed by atoms with Gasteiger partial charge >= 0.3 is 0 Å². The van der Waals surface area contributed by atoms with E-state index in [1.165, 1.54) is 0 Å². The molecule has 4 heteroatoms. The molecule has 1 saturated carbocycles. The van der Waals surface area contributed by atoms with Gasteiger partial charge in [0.25, 0.3) is 0 Å². The Hall–Kier alpha value is -1.26. The molecule has 1 atom stereocenters. The molecule has 1 aromatic carbocycles. The van der Waals surface area contributed by atoms with Crippen molar-refractivity contribution in [2.75, 3.05) is 14.2 Å². The van der Waals surface area contributed by atoms with Gasteiger partial charge in [-0.05, 0) is 37.8 Å². The van der Waals surface area contributed by atoms with Gasteiger partial charge in [0.15, 0.2) is 0 Å². The van der Waals surface area contributed by atoms with Crippen LogP contribution in [0.4, 0.5) is 0 Å². The van der Waals surface area contributed by atoms with Crippen LogP contribution in [0.5, 0.6) is 11.5 Å². The van der Waals surface area contributed by atoms with Crippen molar-refractivity contribution in [1.82, 2.24) is 0 Å². The Bertz CT molecular complexity index is 477. The van der Waals surface area contributed by atoms with E-state index in [1.54, 1.807) is 14.2 Å². The molecule has 2 aliphatic rings. The minimum atomic E-state index is -0.455. The van der Waals surface area contributed by atoms with E-state index in [0.717, 1.165) is 42.7 Å². The molecule has 0 radical (unpaired) electrons. The molecule has 20 heavy (non-hydrogen) atoms. The highest BCUT2D eigenvalue weighted by atomic mass is 16.5. The van der Waals surface area contributed by atoms with Gasteiger partial charge in [-0.25, -0.2) is 0 Å². The number of rotatable bonds is 2. The summed E-state index contributed by atoms with van der Waals surface area (Å²) in [5, 5.41) is 10.4. The lowest BCUT2D eigenvalue weighted by Crippen LogP contribution is -2.45. The minimum Gasteiger partial charge on any atom is -0.497 e. The summed E-state index contributed by atoms with van der Waals surface area (Å²) < 4.78 is 16.9. The van der Waals surface area contributed by atoms with Gasteiger partial charge < -0.3 is 19.3 Å². The van der Waals surface area contributed by atoms with Crippen LogP contribution < -0.4 is 9.47 Å². The van der Waals surface area contributed by atoms with Crippen molar-refractivity contribution in [3.8, 4) is 11.5 Å². The maximum absolute atomic E-state index is 10.4. The summed E-state index contributed by atoms with van der Waals surface area (Å²) in [6.07, 6.45) is 4.38. The molecule has 3 rings (SSSR count). The normalized spacial score (nSPS) is 32.5. The van der Waals surface area contributed by atoms with Gasteiger partial charge in [-0.3, -0.25) is 0 Å². The first-order valence-electron chi connectivity index (χ1n) is 7.23. The SMILES string of the molecule is COc1ccc2c(c1)OC1(CCC(OC)CC1)C[C@@H]2O. The molecule has 0 saturated heterocycles. The lowest BCUT2D eigenvalue weighted by atomic mass is 9.77. The van der Waals surface area contributed by atoms with Crippen LogP contribution in [0.25, 0.3) is 0 Å². The summed E-state index contributed by atoms with van der Waals surface area (Å²) in [6, 6.07) is 5.64. The fourth-order valence-corrected chi connectivity index (χ4v) is 3.40. The predicted molar refractivity (Wildman–Crippen MR) is 75.2 cm³/mol. The maximum Gasteiger partial charge on any atom is 0.129 e. The van der Waals surface area contributed by atoms with Crippen LogP contribution >= 0.6 is 0 Å². The van der Waals surface area contributed by atoms with Crippen LogP contribution in [0.2, 0.25) is 0 Å². The van der Waals surface area contributed by atoms with Gasteiger partial charge in [0.1, 0.15) is 17.1 Å². The van der Waals surface area contributed by atoms with E-state index in [4.69, 9.17) is 14.2 Å². The highest BCUT2D eigenvalue weighted by Gasteiger charge is 2.43. The van der Waals surface area contributed by atoms with Crippen molar-refractivity contribution < 1.29 is 19.3 Å². The zero-order valence-electron chi connectivity index (χ0n) is 12.1. The molecule has 110 valence electrons. The second-order valence-electron chi connectivity index (χ2n) is 5.84. The number of aliphatic hydroxyl groups is 1. The van der Waals surface area contributed by atoms with E-state index in [1.807, 2.05) is 18.2 Å². The number of hydrogen-bond donors (Lipinski definition) is 1. The van der Waals surface area contributed by atoms with Crippen LogP contribution in [-0.4, -0.2) is 31.0 Å². The molecule has 1 aliphatic carbocycles. The molecule has 1 fully saturated rings. The summed E-state index contributed by atoms with van der Waals surface area (Å²) >= 11 is 0. The van der Waals surface area contributed by atoms with E-state index in [-0.39, 0.29) is 5.60 Å². The molecule has 0 unspecified atom stereocenters. The standard InChI is InChI=1S/C16H22O4/c1-18-11-5-7-16(8-6-11)10-14(17)13-4-3-12(19-2)9-15(13)20-16/h3-4,9,11,14,17H,5-8,10H2,1-2H3/t11?,14-,16?/m0/s1. The van der Waals surface area contributed by atoms with Gasteiger partial charge in [0, 0.05) is 25.2 Å². The molecule has 0 amide bonds. The number of benzene rings is 1. The summed E-state index contributed by atoms with van der Waals surface area (Å²) in [4.78, 5) is 0. The number of ether oxygens (including phenoxy) is 3. The van der Waals surface area contributed by atoms with Gasteiger partial charge in [0.05, 0.1) is 19.3 Å². The Morgan fingerprint density at radius 1 is 1.25 bits per heavy atom. The third-order valence-electron chi connectivity index (χ3n) is 4.65. The Balaban J connectivity index is 1.84. The lowest BCUT2D eigenvalue weighted by Gasteiger charge is -2.44. The lowest BCUT2D eigenvalue weighted by molar-refractivity contribution is -0.0672. The molecule has 1 N–H and O–H groups in total. The number of methoxy groups -OCH3 is 2. The predicted octanol–water partition coefficient (Wildman–Crippen LogP) is 2.84. The van der Waals surface area contributed by atoms with Crippen molar-refractivity contribution in [2.24, 2.45) is 0 Å². The van der Waals surface area contributed by atoms with Crippen LogP contribution in [0.1, 0.15) is 43.8 Å². The fourth-order valence-electron chi connectivity index (χ4n) is 3.40. The first kappa shape index (κ1) is 13.7. The smallest absolute Gasteiger partial charge is 0.129 e. The van der Waals surface area contributed by atoms with Gasteiger partial charge in [-0.15, -0.1) is 0 Å². The topological polar surface area (TPSA) is 47.9 Å². The largest absolute Gasteiger partial charge is 0.497 e. The first-order chi connectivity index (χ1) is 9.65. The van der Waals surface area contributed by atoms with Crippen LogP contribution in [-0.2, 0) is 4.74 Å². The Morgan fingerprint density at radius 2 is 2.00 bits per heavy atom. The second-order valence-corrected chi connectivity index (χ2v) is 5.84. The fraction of sp³-hybridized carbons (Fsp3) is 0.625. The zero-order chi connectivity index (χ0) is 14.2. The average Bonchev–Trinajstić information content (AvgIpc) is 2.47. The van der Waals surface area contributed by atoms with Gasteiger partial charge in [0.2, 0.25) is 0 Å². The summed E-state index contributed by atoms with van der Waals surface area (Å²) in [6.45, 7) is 0. The number of aliphatic hydroxyl groups excluding tert-OH is 1. The summed E-state index contributed by atoms with van der Waals surface area (Å²) in [5.41, 5.74) is 0.624. The first-order valence-corrected chi connectivity index (χ1v) is 7.23. The molecular weight excluding hydrogens is 256 g/mol. The quantitative estimate of drug-likeness (QED) is 0.903. The number of fused-ring (bicyclic) bond motifs is 1. The summed E-state index contributed by atoms with van der Waals surface area (Å²) in [5.74, 6) is 1.53. The molecular formula is C16H22O4. The zero-order valence-corrected chi connectivity index (χ0v) is 12.1. The Morgan fingerprint density at radius 3 is 2.65 bits per heavy atom. The highest BCUT2D eigenvalue weighted by molar-refractivity contribution is 5.44. The van der Waals surface area contributed by atoms with Crippen molar-refractivity contribution in [2.45, 2.75) is 49.9 Å². The van der Waals surface area contributed by atoms with E-state index >= 15 is 0 Å². The molecule has 1 heterocycles. The average molecular weight is 278 g/mol. The van der Waals surface area contributed by atoms with E-state index in [0.29, 0.717) is 12.5 Å². The molecule has 1 aliphatic heterocycles. The van der Waals surface area contributed by atoms with E-state index in [2.05, 4.69) is 0 Å². The van der Waals surface area contributed by atoms with E-state index in [9.17, 15) is 5.11 Å². The van der Waals surface area contributed by atoms with E-state index < -0.39 is 6.10 Å². The highest BCUT2D eigenvalue weighted by Crippen LogP contribution is 2.47. The third-order valence-corrected chi connectivity index (χ3v) is 4.65. The molecule has 4 nitrogen and oxygen atoms in total. The van der Waals surface area contributed by atoms with Crippen LogP contribution in [0.15, 0.2) is 18.2 Å². The van der Waals surface area contributed by atoms with Crippen LogP contribution in [0, 0.1) is 0 Å².